The van der Waals surface area contributed by atoms with Crippen LogP contribution in [0.25, 0.3) is 0 Å². The smallest absolute Gasteiger partial charge is 0.207 e. The highest BCUT2D eigenvalue weighted by atomic mass is 19.1. The molecule has 0 saturated carbocycles. The predicted octanol–water partition coefficient (Wildman–Crippen LogP) is 1.01. The monoisotopic (exact) mass is 136 g/mol. The summed E-state index contributed by atoms with van der Waals surface area (Å²) in [5.74, 6) is -0.235. The third-order valence-corrected chi connectivity index (χ3v) is 1.11. The van der Waals surface area contributed by atoms with Crippen LogP contribution in [0.3, 0.4) is 0 Å². The fourth-order valence-electron chi connectivity index (χ4n) is 0.654. The van der Waals surface area contributed by atoms with Gasteiger partial charge in [-0.25, -0.2) is 4.39 Å². The largest absolute Gasteiger partial charge is 0.298 e. The molecule has 10 heavy (non-hydrogen) atoms. The van der Waals surface area contributed by atoms with Crippen molar-refractivity contribution in [3.05, 3.63) is 35.6 Å². The standard InChI is InChI=1S/C8H7FN/c1-10-6-7-2-4-8(9)5-3-7/h2-6H,1H2/q+1. The third-order valence-electron chi connectivity index (χ3n) is 1.11. The Balaban J connectivity index is 3.00. The van der Waals surface area contributed by atoms with Gasteiger partial charge in [-0.3, -0.25) is 0 Å². The molecule has 0 aliphatic carbocycles. The lowest BCUT2D eigenvalue weighted by atomic mass is 10.2. The summed E-state index contributed by atoms with van der Waals surface area (Å²) in [6, 6.07) is 6.06. The van der Waals surface area contributed by atoms with Gasteiger partial charge in [0.15, 0.2) is 0 Å². The average Bonchev–Trinajstić information content (AvgIpc) is 1.95. The van der Waals surface area contributed by atoms with Crippen LogP contribution in [0.15, 0.2) is 24.3 Å². The first kappa shape index (κ1) is 6.72. The fourth-order valence-corrected chi connectivity index (χ4v) is 0.654. The second kappa shape index (κ2) is 2.95. The van der Waals surface area contributed by atoms with Crippen LogP contribution in [0.1, 0.15) is 5.56 Å². The summed E-state index contributed by atoms with van der Waals surface area (Å²) < 4.78 is 15.8. The molecule has 0 spiro atoms. The van der Waals surface area contributed by atoms with E-state index in [1.807, 2.05) is 0 Å². The van der Waals surface area contributed by atoms with E-state index in [9.17, 15) is 4.39 Å². The summed E-state index contributed by atoms with van der Waals surface area (Å²) in [6.07, 6.45) is 1.57. The van der Waals surface area contributed by atoms with Gasteiger partial charge in [0.1, 0.15) is 5.82 Å². The molecule has 0 N–H and O–H groups in total. The molecule has 0 aliphatic heterocycles. The quantitative estimate of drug-likeness (QED) is 0.404. The molecule has 0 heterocycles. The molecule has 1 aromatic rings. The molecule has 50 valence electrons. The van der Waals surface area contributed by atoms with E-state index >= 15 is 0 Å². The zero-order valence-corrected chi connectivity index (χ0v) is 5.42. The Labute approximate surface area is 58.6 Å². The lowest BCUT2D eigenvalue weighted by Gasteiger charge is -1.84. The number of halogens is 1. The van der Waals surface area contributed by atoms with Gasteiger partial charge < -0.3 is 0 Å². The van der Waals surface area contributed by atoms with Gasteiger partial charge in [-0.15, -0.1) is 4.67 Å². The topological polar surface area (TPSA) is 14.1 Å². The minimum atomic E-state index is -0.235. The highest BCUT2D eigenvalue weighted by Crippen LogP contribution is 1.98. The summed E-state index contributed by atoms with van der Waals surface area (Å²) >= 11 is 0. The Morgan fingerprint density at radius 3 is 2.40 bits per heavy atom. The third kappa shape index (κ3) is 1.54. The predicted molar refractivity (Wildman–Crippen MR) is 40.8 cm³/mol. The molecule has 0 saturated heterocycles. The average molecular weight is 136 g/mol. The molecule has 0 radical (unpaired) electrons. The molecule has 0 aliphatic rings. The van der Waals surface area contributed by atoms with Crippen LogP contribution in [0.2, 0.25) is 0 Å². The van der Waals surface area contributed by atoms with Crippen LogP contribution in [0, 0.1) is 5.82 Å². The minimum Gasteiger partial charge on any atom is -0.207 e. The minimum absolute atomic E-state index is 0.235. The highest BCUT2D eigenvalue weighted by Gasteiger charge is 1.91. The van der Waals surface area contributed by atoms with E-state index in [2.05, 4.69) is 11.4 Å². The van der Waals surface area contributed by atoms with Crippen LogP contribution in [0.4, 0.5) is 4.39 Å². The van der Waals surface area contributed by atoms with Gasteiger partial charge in [-0.2, -0.15) is 0 Å². The van der Waals surface area contributed by atoms with Crippen LogP contribution < -0.4 is 4.67 Å². The molecule has 1 rings (SSSR count). The van der Waals surface area contributed by atoms with Crippen LogP contribution in [-0.4, -0.2) is 12.9 Å². The van der Waals surface area contributed by atoms with Crippen LogP contribution in [0.5, 0.6) is 0 Å². The molecule has 1 aromatic carbocycles. The van der Waals surface area contributed by atoms with Crippen molar-refractivity contribution >= 4 is 12.9 Å². The molecule has 0 fully saturated rings. The lowest BCUT2D eigenvalue weighted by Crippen LogP contribution is -1.82. The van der Waals surface area contributed by atoms with Gasteiger partial charge in [-0.05, 0) is 24.3 Å². The van der Waals surface area contributed by atoms with E-state index in [0.717, 1.165) is 5.56 Å². The molecule has 0 bridgehead atoms. The van der Waals surface area contributed by atoms with Gasteiger partial charge in [0, 0.05) is 0 Å². The summed E-state index contributed by atoms with van der Waals surface area (Å²) in [5, 5.41) is 0. The van der Waals surface area contributed by atoms with Gasteiger partial charge >= 0.3 is 0 Å². The Hall–Kier alpha value is -1.40. The van der Waals surface area contributed by atoms with Gasteiger partial charge in [0.25, 0.3) is 12.9 Å². The maximum absolute atomic E-state index is 12.3. The van der Waals surface area contributed by atoms with Crippen molar-refractivity contribution < 1.29 is 4.39 Å². The number of nitrogens with zero attached hydrogens (tertiary/aromatic N) is 1. The molecule has 0 aromatic heterocycles. The lowest BCUT2D eigenvalue weighted by molar-refractivity contribution is 0.628. The van der Waals surface area contributed by atoms with Crippen molar-refractivity contribution in [3.63, 3.8) is 0 Å². The van der Waals surface area contributed by atoms with Crippen molar-refractivity contribution in [2.24, 2.45) is 0 Å². The SMILES string of the molecule is C=[N+]=Cc1ccc(F)cc1. The van der Waals surface area contributed by atoms with Crippen LogP contribution >= 0.6 is 0 Å². The zero-order chi connectivity index (χ0) is 7.40. The van der Waals surface area contributed by atoms with Crippen LogP contribution in [-0.2, 0) is 0 Å². The maximum atomic E-state index is 12.3. The molecule has 1 nitrogen and oxygen atoms in total. The second-order valence-corrected chi connectivity index (χ2v) is 1.86. The first-order valence-electron chi connectivity index (χ1n) is 2.87. The van der Waals surface area contributed by atoms with E-state index in [4.69, 9.17) is 0 Å². The molecular formula is C8H7FN+. The Bertz CT molecular complexity index is 257. The van der Waals surface area contributed by atoms with Crippen molar-refractivity contribution in [1.82, 2.24) is 4.67 Å². The zero-order valence-electron chi connectivity index (χ0n) is 5.42. The molecular weight excluding hydrogens is 129 g/mol. The van der Waals surface area contributed by atoms with E-state index in [-0.39, 0.29) is 5.82 Å². The summed E-state index contributed by atoms with van der Waals surface area (Å²) in [6.45, 7) is 3.28. The summed E-state index contributed by atoms with van der Waals surface area (Å²) in [5.41, 5.74) is 0.858. The van der Waals surface area contributed by atoms with E-state index < -0.39 is 0 Å². The molecule has 0 amide bonds. The second-order valence-electron chi connectivity index (χ2n) is 1.86. The van der Waals surface area contributed by atoms with Crippen molar-refractivity contribution in [3.8, 4) is 0 Å². The fraction of sp³-hybridized carbons (Fsp3) is 0. The van der Waals surface area contributed by atoms with Gasteiger partial charge in [-0.1, -0.05) is 0 Å². The highest BCUT2D eigenvalue weighted by molar-refractivity contribution is 5.79. The van der Waals surface area contributed by atoms with Crippen molar-refractivity contribution in [1.29, 1.82) is 0 Å². The normalized spacial score (nSPS) is 8.50. The number of hydrogen-bond acceptors (Lipinski definition) is 0. The van der Waals surface area contributed by atoms with E-state index in [0.29, 0.717) is 0 Å². The molecule has 0 atom stereocenters. The van der Waals surface area contributed by atoms with Gasteiger partial charge in [0.05, 0.1) is 5.56 Å². The Kier molecular flexibility index (Phi) is 1.98. The van der Waals surface area contributed by atoms with E-state index in [1.165, 1.54) is 12.1 Å². The van der Waals surface area contributed by atoms with Crippen molar-refractivity contribution in [2.75, 3.05) is 0 Å². The summed E-state index contributed by atoms with van der Waals surface area (Å²) in [7, 11) is 0. The van der Waals surface area contributed by atoms with E-state index in [1.54, 1.807) is 18.3 Å². The summed E-state index contributed by atoms with van der Waals surface area (Å²) in [4.78, 5) is 0. The maximum Gasteiger partial charge on any atom is 0.298 e. The molecule has 2 heteroatoms. The first-order valence-corrected chi connectivity index (χ1v) is 2.87. The van der Waals surface area contributed by atoms with Gasteiger partial charge in [0.2, 0.25) is 0 Å². The number of benzene rings is 1. The number of rotatable bonds is 1. The number of hydrogen-bond donors (Lipinski definition) is 0. The Morgan fingerprint density at radius 2 is 1.90 bits per heavy atom. The Morgan fingerprint density at radius 1 is 1.30 bits per heavy atom. The van der Waals surface area contributed by atoms with Crippen molar-refractivity contribution in [2.45, 2.75) is 0 Å². The molecule has 0 unspecified atom stereocenters. The first-order chi connectivity index (χ1) is 4.83.